The van der Waals surface area contributed by atoms with Gasteiger partial charge in [-0.25, -0.2) is 8.78 Å². The molecule has 0 bridgehead atoms. The summed E-state index contributed by atoms with van der Waals surface area (Å²) in [4.78, 5) is 12.1. The number of benzene rings is 3. The van der Waals surface area contributed by atoms with Crippen LogP contribution in [0.15, 0.2) is 71.6 Å². The molecule has 0 saturated carbocycles. The van der Waals surface area contributed by atoms with Gasteiger partial charge in [-0.15, -0.1) is 0 Å². The zero-order valence-electron chi connectivity index (χ0n) is 16.1. The Balaban J connectivity index is 1.47. The molecule has 0 aliphatic carbocycles. The molecule has 31 heavy (non-hydrogen) atoms. The van der Waals surface area contributed by atoms with Gasteiger partial charge in [0.1, 0.15) is 23.1 Å². The van der Waals surface area contributed by atoms with Crippen molar-refractivity contribution in [3.8, 4) is 11.5 Å². The summed E-state index contributed by atoms with van der Waals surface area (Å²) >= 11 is 0. The van der Waals surface area contributed by atoms with Crippen molar-refractivity contribution in [2.24, 2.45) is 0 Å². The minimum absolute atomic E-state index is 0.132. The first-order valence-corrected chi connectivity index (χ1v) is 10.6. The van der Waals surface area contributed by atoms with Gasteiger partial charge in [-0.1, -0.05) is 6.07 Å². The van der Waals surface area contributed by atoms with Crippen LogP contribution in [0.3, 0.4) is 0 Å². The standard InChI is InChI=1S/C22H18F2O6S/c23-19-3-1-4-20(24)21(19)22(25)15-5-7-16(8-6-15)29-13-2-14-30-17-9-11-18(12-10-17)31(26,27)28/h1,3-12H,2,13-14H2,(H,26,27,28). The molecule has 1 N–H and O–H groups in total. The molecule has 0 spiro atoms. The number of carbonyl (C=O) groups excluding carboxylic acids is 1. The Morgan fingerprint density at radius 3 is 1.77 bits per heavy atom. The second-order valence-electron chi connectivity index (χ2n) is 6.45. The molecule has 3 aromatic carbocycles. The van der Waals surface area contributed by atoms with Crippen molar-refractivity contribution in [2.75, 3.05) is 13.2 Å². The van der Waals surface area contributed by atoms with Gasteiger partial charge in [0.15, 0.2) is 5.78 Å². The number of ether oxygens (including phenoxy) is 2. The predicted octanol–water partition coefficient (Wildman–Crippen LogP) is 4.29. The van der Waals surface area contributed by atoms with Gasteiger partial charge < -0.3 is 9.47 Å². The number of halogens is 2. The van der Waals surface area contributed by atoms with Crippen molar-refractivity contribution >= 4 is 15.9 Å². The lowest BCUT2D eigenvalue weighted by Gasteiger charge is -2.09. The number of rotatable bonds is 9. The first-order valence-electron chi connectivity index (χ1n) is 9.17. The molecule has 0 fully saturated rings. The molecule has 0 saturated heterocycles. The molecule has 6 nitrogen and oxygen atoms in total. The molecular weight excluding hydrogens is 430 g/mol. The second-order valence-corrected chi connectivity index (χ2v) is 7.87. The molecule has 0 amide bonds. The van der Waals surface area contributed by atoms with E-state index >= 15 is 0 Å². The van der Waals surface area contributed by atoms with E-state index in [0.29, 0.717) is 31.1 Å². The van der Waals surface area contributed by atoms with Gasteiger partial charge >= 0.3 is 0 Å². The van der Waals surface area contributed by atoms with E-state index in [1.165, 1.54) is 54.6 Å². The van der Waals surface area contributed by atoms with E-state index in [2.05, 4.69) is 0 Å². The van der Waals surface area contributed by atoms with Crippen LogP contribution in [0.25, 0.3) is 0 Å². The Bertz CT molecular complexity index is 1140. The maximum absolute atomic E-state index is 13.8. The van der Waals surface area contributed by atoms with Gasteiger partial charge in [0.25, 0.3) is 10.1 Å². The SMILES string of the molecule is O=C(c1ccc(OCCCOc2ccc(S(=O)(=O)O)cc2)cc1)c1c(F)cccc1F. The van der Waals surface area contributed by atoms with Crippen LogP contribution in [0, 0.1) is 11.6 Å². The summed E-state index contributed by atoms with van der Waals surface area (Å²) in [7, 11) is -4.24. The number of carbonyl (C=O) groups is 1. The zero-order chi connectivity index (χ0) is 22.4. The lowest BCUT2D eigenvalue weighted by Crippen LogP contribution is -2.08. The summed E-state index contributed by atoms with van der Waals surface area (Å²) < 4.78 is 69.4. The van der Waals surface area contributed by atoms with Crippen LogP contribution in [0.4, 0.5) is 8.78 Å². The highest BCUT2D eigenvalue weighted by atomic mass is 32.2. The summed E-state index contributed by atoms with van der Waals surface area (Å²) in [6.45, 7) is 0.604. The van der Waals surface area contributed by atoms with Crippen molar-refractivity contribution in [3.05, 3.63) is 89.5 Å². The third-order valence-electron chi connectivity index (χ3n) is 4.25. The maximum Gasteiger partial charge on any atom is 0.294 e. The molecule has 162 valence electrons. The van der Waals surface area contributed by atoms with E-state index in [1.807, 2.05) is 0 Å². The van der Waals surface area contributed by atoms with Crippen molar-refractivity contribution in [1.29, 1.82) is 0 Å². The van der Waals surface area contributed by atoms with Crippen LogP contribution in [-0.4, -0.2) is 32.0 Å². The highest BCUT2D eigenvalue weighted by Crippen LogP contribution is 2.20. The lowest BCUT2D eigenvalue weighted by atomic mass is 10.0. The highest BCUT2D eigenvalue weighted by molar-refractivity contribution is 7.85. The normalized spacial score (nSPS) is 11.2. The van der Waals surface area contributed by atoms with Crippen LogP contribution < -0.4 is 9.47 Å². The fourth-order valence-electron chi connectivity index (χ4n) is 2.71. The average Bonchev–Trinajstić information content (AvgIpc) is 2.73. The molecule has 0 radical (unpaired) electrons. The monoisotopic (exact) mass is 448 g/mol. The van der Waals surface area contributed by atoms with Gasteiger partial charge in [-0.05, 0) is 60.7 Å². The van der Waals surface area contributed by atoms with E-state index in [0.717, 1.165) is 12.1 Å². The van der Waals surface area contributed by atoms with Crippen LogP contribution in [-0.2, 0) is 10.1 Å². The van der Waals surface area contributed by atoms with E-state index in [9.17, 15) is 22.0 Å². The molecule has 3 aromatic rings. The first kappa shape index (κ1) is 22.4. The van der Waals surface area contributed by atoms with Gasteiger partial charge in [-0.2, -0.15) is 8.42 Å². The first-order chi connectivity index (χ1) is 14.8. The Kier molecular flexibility index (Phi) is 6.98. The number of hydrogen-bond donors (Lipinski definition) is 1. The van der Waals surface area contributed by atoms with Crippen LogP contribution in [0.5, 0.6) is 11.5 Å². The van der Waals surface area contributed by atoms with Gasteiger partial charge in [0.05, 0.1) is 23.7 Å². The van der Waals surface area contributed by atoms with Gasteiger partial charge in [0, 0.05) is 12.0 Å². The molecule has 0 atom stereocenters. The number of ketones is 1. The Labute approximate surface area is 177 Å². The summed E-state index contributed by atoms with van der Waals surface area (Å²) in [5.74, 6) is -1.68. The minimum atomic E-state index is -4.24. The highest BCUT2D eigenvalue weighted by Gasteiger charge is 2.18. The average molecular weight is 448 g/mol. The lowest BCUT2D eigenvalue weighted by molar-refractivity contribution is 0.103. The van der Waals surface area contributed by atoms with Gasteiger partial charge in [0.2, 0.25) is 0 Å². The summed E-state index contributed by atoms with van der Waals surface area (Å²) in [5, 5.41) is 0. The molecule has 9 heteroatoms. The summed E-state index contributed by atoms with van der Waals surface area (Å²) in [6.07, 6.45) is 0.515. The molecule has 0 unspecified atom stereocenters. The summed E-state index contributed by atoms with van der Waals surface area (Å²) in [6, 6.07) is 14.5. The van der Waals surface area contributed by atoms with Crippen LogP contribution in [0.2, 0.25) is 0 Å². The Morgan fingerprint density at radius 1 is 0.806 bits per heavy atom. The molecule has 0 aliphatic rings. The molecule has 3 rings (SSSR count). The molecule has 0 aromatic heterocycles. The van der Waals surface area contributed by atoms with Crippen molar-refractivity contribution in [1.82, 2.24) is 0 Å². The third kappa shape index (κ3) is 5.87. The topological polar surface area (TPSA) is 89.9 Å². The zero-order valence-corrected chi connectivity index (χ0v) is 16.9. The van der Waals surface area contributed by atoms with Gasteiger partial charge in [-0.3, -0.25) is 9.35 Å². The second kappa shape index (κ2) is 9.67. The van der Waals surface area contributed by atoms with Crippen molar-refractivity contribution in [3.63, 3.8) is 0 Å². The smallest absolute Gasteiger partial charge is 0.294 e. The van der Waals surface area contributed by atoms with Crippen molar-refractivity contribution in [2.45, 2.75) is 11.3 Å². The largest absolute Gasteiger partial charge is 0.493 e. The van der Waals surface area contributed by atoms with Crippen molar-refractivity contribution < 1.29 is 36.0 Å². The Morgan fingerprint density at radius 2 is 1.29 bits per heavy atom. The fourth-order valence-corrected chi connectivity index (χ4v) is 3.19. The summed E-state index contributed by atoms with van der Waals surface area (Å²) in [5.41, 5.74) is -0.467. The minimum Gasteiger partial charge on any atom is -0.493 e. The molecule has 0 heterocycles. The van der Waals surface area contributed by atoms with E-state index in [1.54, 1.807) is 0 Å². The van der Waals surface area contributed by atoms with Crippen LogP contribution in [0.1, 0.15) is 22.3 Å². The van der Waals surface area contributed by atoms with E-state index < -0.39 is 33.1 Å². The van der Waals surface area contributed by atoms with E-state index in [-0.39, 0.29) is 10.5 Å². The number of hydrogen-bond acceptors (Lipinski definition) is 5. The quantitative estimate of drug-likeness (QED) is 0.298. The molecule has 0 aliphatic heterocycles. The predicted molar refractivity (Wildman–Crippen MR) is 108 cm³/mol. The molecular formula is C22H18F2O6S. The Hall–Kier alpha value is -3.30. The maximum atomic E-state index is 13.8. The van der Waals surface area contributed by atoms with Crippen LogP contribution >= 0.6 is 0 Å². The fraction of sp³-hybridized carbons (Fsp3) is 0.136. The third-order valence-corrected chi connectivity index (χ3v) is 5.12. The van der Waals surface area contributed by atoms with E-state index in [4.69, 9.17) is 14.0 Å².